The zero-order chi connectivity index (χ0) is 24.7. The number of sulfonamides is 1. The van der Waals surface area contributed by atoms with E-state index in [4.69, 9.17) is 11.6 Å². The van der Waals surface area contributed by atoms with Gasteiger partial charge in [0.2, 0.25) is 10.0 Å². The van der Waals surface area contributed by atoms with Gasteiger partial charge >= 0.3 is 0 Å². The van der Waals surface area contributed by atoms with Crippen LogP contribution in [-0.2, 0) is 22.0 Å². The molecule has 9 heteroatoms. The van der Waals surface area contributed by atoms with E-state index < -0.39 is 10.0 Å². The van der Waals surface area contributed by atoms with Gasteiger partial charge in [0.05, 0.1) is 11.1 Å². The molecule has 2 heterocycles. The van der Waals surface area contributed by atoms with Gasteiger partial charge in [-0.15, -0.1) is 11.3 Å². The van der Waals surface area contributed by atoms with E-state index >= 15 is 0 Å². The largest absolute Gasteiger partial charge is 0.351 e. The number of carbonyl (C=O) groups is 1. The van der Waals surface area contributed by atoms with E-state index in [-0.39, 0.29) is 11.3 Å². The second kappa shape index (κ2) is 9.09. The van der Waals surface area contributed by atoms with Gasteiger partial charge in [0.25, 0.3) is 5.91 Å². The first kappa shape index (κ1) is 24.3. The Bertz CT molecular complexity index is 1490. The van der Waals surface area contributed by atoms with Crippen LogP contribution in [0.1, 0.15) is 41.7 Å². The SMILES string of the molecule is CCn1cccc1C(C)(C)c1cc(Cl)cc(NC(=O)c2cc3cc(NS(C)(=O)=O)ccc3s2)c1. The van der Waals surface area contributed by atoms with Crippen LogP contribution >= 0.6 is 22.9 Å². The standard InChI is InChI=1S/C25H26ClN3O3S2/c1-5-29-10-6-7-23(29)25(2,3)17-13-18(26)15-20(14-17)27-24(30)22-12-16-11-19(28-34(4,31)32)8-9-21(16)33-22/h6-15,28H,5H2,1-4H3,(H,27,30). The number of fused-ring (bicyclic) bond motifs is 1. The molecule has 0 unspecified atom stereocenters. The van der Waals surface area contributed by atoms with E-state index in [0.717, 1.165) is 34.1 Å². The van der Waals surface area contributed by atoms with E-state index in [1.807, 2.05) is 18.2 Å². The van der Waals surface area contributed by atoms with Crippen LogP contribution in [0.4, 0.5) is 11.4 Å². The van der Waals surface area contributed by atoms with Crippen molar-refractivity contribution in [2.75, 3.05) is 16.3 Å². The van der Waals surface area contributed by atoms with Crippen molar-refractivity contribution in [3.05, 3.63) is 82.0 Å². The molecule has 0 aliphatic heterocycles. The van der Waals surface area contributed by atoms with Gasteiger partial charge < -0.3 is 9.88 Å². The zero-order valence-electron chi connectivity index (χ0n) is 19.3. The average molecular weight is 516 g/mol. The number of thiophene rings is 1. The van der Waals surface area contributed by atoms with Crippen LogP contribution < -0.4 is 10.0 Å². The second-order valence-electron chi connectivity index (χ2n) is 8.72. The summed E-state index contributed by atoms with van der Waals surface area (Å²) in [5, 5.41) is 4.30. The molecule has 0 aliphatic rings. The second-order valence-corrected chi connectivity index (χ2v) is 12.0. The summed E-state index contributed by atoms with van der Waals surface area (Å²) in [5.41, 5.74) is 2.92. The highest BCUT2D eigenvalue weighted by Crippen LogP contribution is 2.36. The summed E-state index contributed by atoms with van der Waals surface area (Å²) in [6.45, 7) is 7.25. The first-order valence-electron chi connectivity index (χ1n) is 10.8. The summed E-state index contributed by atoms with van der Waals surface area (Å²) in [5.74, 6) is -0.248. The van der Waals surface area contributed by atoms with Crippen LogP contribution in [-0.4, -0.2) is 25.1 Å². The average Bonchev–Trinajstić information content (AvgIpc) is 3.39. The highest BCUT2D eigenvalue weighted by atomic mass is 35.5. The predicted molar refractivity (Wildman–Crippen MR) is 142 cm³/mol. The number of benzene rings is 2. The van der Waals surface area contributed by atoms with Gasteiger partial charge in [-0.05, 0) is 72.5 Å². The van der Waals surface area contributed by atoms with Gasteiger partial charge in [-0.25, -0.2) is 8.42 Å². The van der Waals surface area contributed by atoms with Gasteiger partial charge in [-0.1, -0.05) is 25.4 Å². The van der Waals surface area contributed by atoms with Gasteiger partial charge in [0.1, 0.15) is 0 Å². The van der Waals surface area contributed by atoms with Crippen molar-refractivity contribution < 1.29 is 13.2 Å². The number of anilines is 2. The molecular weight excluding hydrogens is 490 g/mol. The van der Waals surface area contributed by atoms with Crippen molar-refractivity contribution in [1.82, 2.24) is 4.57 Å². The molecule has 2 N–H and O–H groups in total. The number of nitrogens with zero attached hydrogens (tertiary/aromatic N) is 1. The van der Waals surface area contributed by atoms with Crippen LogP contribution in [0.3, 0.4) is 0 Å². The smallest absolute Gasteiger partial charge is 0.265 e. The maximum absolute atomic E-state index is 13.0. The summed E-state index contributed by atoms with van der Waals surface area (Å²) >= 11 is 7.79. The minimum absolute atomic E-state index is 0.248. The molecule has 0 saturated carbocycles. The maximum atomic E-state index is 13.0. The van der Waals surface area contributed by atoms with Crippen LogP contribution in [0.25, 0.3) is 10.1 Å². The number of carbonyl (C=O) groups excluding carboxylic acids is 1. The molecule has 4 rings (SSSR count). The minimum atomic E-state index is -3.38. The quantitative estimate of drug-likeness (QED) is 0.302. The Kier molecular flexibility index (Phi) is 6.50. The van der Waals surface area contributed by atoms with Crippen LogP contribution in [0.15, 0.2) is 60.8 Å². The highest BCUT2D eigenvalue weighted by Gasteiger charge is 2.27. The molecule has 0 radical (unpaired) electrons. The van der Waals surface area contributed by atoms with Crippen molar-refractivity contribution in [1.29, 1.82) is 0 Å². The molecule has 0 bridgehead atoms. The first-order chi connectivity index (χ1) is 16.0. The third kappa shape index (κ3) is 5.14. The number of amides is 1. The van der Waals surface area contributed by atoms with Gasteiger partial charge in [0.15, 0.2) is 0 Å². The summed E-state index contributed by atoms with van der Waals surface area (Å²) in [7, 11) is -3.38. The van der Waals surface area contributed by atoms with Gasteiger partial charge in [-0.2, -0.15) is 0 Å². The molecule has 0 spiro atoms. The molecule has 6 nitrogen and oxygen atoms in total. The summed E-state index contributed by atoms with van der Waals surface area (Å²) in [6.07, 6.45) is 3.16. The Morgan fingerprint density at radius 2 is 1.85 bits per heavy atom. The first-order valence-corrected chi connectivity index (χ1v) is 13.8. The van der Waals surface area contributed by atoms with Crippen molar-refractivity contribution in [2.24, 2.45) is 0 Å². The Morgan fingerprint density at radius 3 is 2.56 bits per heavy atom. The van der Waals surface area contributed by atoms with Crippen molar-refractivity contribution in [3.8, 4) is 0 Å². The van der Waals surface area contributed by atoms with Crippen LogP contribution in [0.5, 0.6) is 0 Å². The fraction of sp³-hybridized carbons (Fsp3) is 0.240. The number of hydrogen-bond donors (Lipinski definition) is 2. The van der Waals surface area contributed by atoms with Crippen LogP contribution in [0, 0.1) is 0 Å². The van der Waals surface area contributed by atoms with E-state index in [9.17, 15) is 13.2 Å². The third-order valence-electron chi connectivity index (χ3n) is 5.73. The number of rotatable bonds is 7. The number of nitrogens with one attached hydrogen (secondary N) is 2. The molecule has 2 aromatic heterocycles. The highest BCUT2D eigenvalue weighted by molar-refractivity contribution is 7.92. The number of aromatic nitrogens is 1. The summed E-state index contributed by atoms with van der Waals surface area (Å²) < 4.78 is 28.6. The third-order valence-corrected chi connectivity index (χ3v) is 7.67. The molecule has 4 aromatic rings. The summed E-state index contributed by atoms with van der Waals surface area (Å²) in [6, 6.07) is 16.7. The predicted octanol–water partition coefficient (Wildman–Crippen LogP) is 6.33. The van der Waals surface area contributed by atoms with Crippen molar-refractivity contribution in [3.63, 3.8) is 0 Å². The Morgan fingerprint density at radius 1 is 1.09 bits per heavy atom. The Balaban J connectivity index is 1.61. The van der Waals surface area contributed by atoms with Gasteiger partial charge in [-0.3, -0.25) is 9.52 Å². The molecule has 34 heavy (non-hydrogen) atoms. The Labute approximate surface area is 208 Å². The van der Waals surface area contributed by atoms with E-state index in [1.165, 1.54) is 11.3 Å². The minimum Gasteiger partial charge on any atom is -0.351 e. The molecule has 1 amide bonds. The molecular formula is C25H26ClN3O3S2. The number of aryl methyl sites for hydroxylation is 1. The van der Waals surface area contributed by atoms with Crippen molar-refractivity contribution in [2.45, 2.75) is 32.7 Å². The fourth-order valence-electron chi connectivity index (χ4n) is 4.05. The zero-order valence-corrected chi connectivity index (χ0v) is 21.7. The molecule has 0 atom stereocenters. The van der Waals surface area contributed by atoms with Crippen LogP contribution in [0.2, 0.25) is 5.02 Å². The lowest BCUT2D eigenvalue weighted by Crippen LogP contribution is -2.23. The molecule has 0 aliphatic carbocycles. The van der Waals surface area contributed by atoms with E-state index in [2.05, 4.69) is 47.6 Å². The summed E-state index contributed by atoms with van der Waals surface area (Å²) in [4.78, 5) is 13.6. The van der Waals surface area contributed by atoms with Gasteiger partial charge in [0, 0.05) is 44.9 Å². The Hall–Kier alpha value is -2.81. The normalized spacial score (nSPS) is 12.1. The lowest BCUT2D eigenvalue weighted by molar-refractivity contribution is 0.103. The molecule has 0 fully saturated rings. The van der Waals surface area contributed by atoms with Crippen molar-refractivity contribution >= 4 is 60.3 Å². The molecule has 2 aromatic carbocycles. The lowest BCUT2D eigenvalue weighted by atomic mass is 9.81. The topological polar surface area (TPSA) is 80.2 Å². The molecule has 178 valence electrons. The monoisotopic (exact) mass is 515 g/mol. The molecule has 0 saturated heterocycles. The maximum Gasteiger partial charge on any atom is 0.265 e. The van der Waals surface area contributed by atoms with E-state index in [1.54, 1.807) is 30.3 Å². The fourth-order valence-corrected chi connectivity index (χ4v) is 5.78. The number of hydrogen-bond acceptors (Lipinski definition) is 4. The number of halogens is 1. The lowest BCUT2D eigenvalue weighted by Gasteiger charge is -2.28. The van der Waals surface area contributed by atoms with E-state index in [0.29, 0.717) is 21.3 Å².